The maximum Gasteiger partial charge on any atom is 0.335 e. The van der Waals surface area contributed by atoms with E-state index in [2.05, 4.69) is 5.43 Å². The normalized spacial score (nSPS) is 12.7. The van der Waals surface area contributed by atoms with Crippen LogP contribution in [0.25, 0.3) is 21.7 Å². The molecule has 6 rings (SSSR count). The van der Waals surface area contributed by atoms with E-state index in [-0.39, 0.29) is 5.56 Å². The van der Waals surface area contributed by atoms with Gasteiger partial charge in [0.15, 0.2) is 5.84 Å². The van der Waals surface area contributed by atoms with Crippen molar-refractivity contribution in [3.8, 4) is 33.2 Å². The number of methoxy groups -OCH3 is 2. The fourth-order valence-electron chi connectivity index (χ4n) is 4.15. The van der Waals surface area contributed by atoms with Gasteiger partial charge in [-0.3, -0.25) is 5.43 Å². The van der Waals surface area contributed by atoms with Gasteiger partial charge in [0.1, 0.15) is 11.5 Å². The largest absolute Gasteiger partial charge is 0.497 e. The van der Waals surface area contributed by atoms with Crippen molar-refractivity contribution in [3.63, 3.8) is 0 Å². The Bertz CT molecular complexity index is 1600. The fourth-order valence-corrected chi connectivity index (χ4v) is 5.85. The van der Waals surface area contributed by atoms with Crippen molar-refractivity contribution in [2.75, 3.05) is 24.5 Å². The molecule has 3 heterocycles. The third kappa shape index (κ3) is 4.83. The molecule has 40 heavy (non-hydrogen) atoms. The van der Waals surface area contributed by atoms with Crippen LogP contribution in [-0.4, -0.2) is 36.1 Å². The van der Waals surface area contributed by atoms with Crippen molar-refractivity contribution in [2.24, 2.45) is 5.10 Å². The summed E-state index contributed by atoms with van der Waals surface area (Å²) in [7, 11) is 3.28. The Morgan fingerprint density at radius 1 is 0.875 bits per heavy atom. The van der Waals surface area contributed by atoms with Gasteiger partial charge < -0.3 is 14.6 Å². The number of carboxylic acid groups (broad SMARTS) is 1. The highest BCUT2D eigenvalue weighted by atomic mass is 32.1. The van der Waals surface area contributed by atoms with Gasteiger partial charge in [0.05, 0.1) is 40.9 Å². The predicted octanol–water partition coefficient (Wildman–Crippen LogP) is 6.36. The number of hydrogen-bond acceptors (Lipinski definition) is 10. The summed E-state index contributed by atoms with van der Waals surface area (Å²) in [5.41, 5.74) is 6.99. The van der Waals surface area contributed by atoms with Gasteiger partial charge in [-0.1, -0.05) is 17.4 Å². The molecule has 0 bridgehead atoms. The van der Waals surface area contributed by atoms with Crippen LogP contribution in [0, 0.1) is 0 Å². The summed E-state index contributed by atoms with van der Waals surface area (Å²) >= 11 is 3.07. The molecule has 0 unspecified atom stereocenters. The van der Waals surface area contributed by atoms with Crippen molar-refractivity contribution in [1.82, 2.24) is 10.4 Å². The summed E-state index contributed by atoms with van der Waals surface area (Å²) < 4.78 is 10.7. The van der Waals surface area contributed by atoms with Crippen LogP contribution in [0.1, 0.15) is 15.2 Å². The summed E-state index contributed by atoms with van der Waals surface area (Å²) in [4.78, 5) is 18.4. The molecule has 2 aromatic heterocycles. The number of anilines is 2. The minimum Gasteiger partial charge on any atom is -0.497 e. The molecular weight excluding hydrogens is 546 g/mol. The number of hydrazine groups is 2. The average molecular weight is 570 g/mol. The molecule has 2 N–H and O–H groups in total. The third-order valence-corrected chi connectivity index (χ3v) is 8.17. The minimum absolute atomic E-state index is 0.197. The van der Waals surface area contributed by atoms with E-state index in [1.54, 1.807) is 60.1 Å². The molecule has 9 nitrogen and oxygen atoms in total. The third-order valence-electron chi connectivity index (χ3n) is 6.21. The topological polar surface area (TPSA) is 99.5 Å². The van der Waals surface area contributed by atoms with Gasteiger partial charge in [0.2, 0.25) is 5.13 Å². The van der Waals surface area contributed by atoms with Crippen LogP contribution in [-0.2, 0) is 0 Å². The lowest BCUT2D eigenvalue weighted by Gasteiger charge is -2.25. The predicted molar refractivity (Wildman–Crippen MR) is 158 cm³/mol. The molecule has 0 saturated carbocycles. The summed E-state index contributed by atoms with van der Waals surface area (Å²) in [6.07, 6.45) is 0. The van der Waals surface area contributed by atoms with Gasteiger partial charge >= 0.3 is 5.97 Å². The molecule has 0 fully saturated rings. The summed E-state index contributed by atoms with van der Waals surface area (Å²) in [6.45, 7) is 0. The van der Waals surface area contributed by atoms with Gasteiger partial charge in [-0.15, -0.1) is 26.7 Å². The van der Waals surface area contributed by atoms with E-state index >= 15 is 0 Å². The first-order chi connectivity index (χ1) is 19.5. The van der Waals surface area contributed by atoms with Crippen LogP contribution in [0.3, 0.4) is 0 Å². The molecule has 11 heteroatoms. The second-order valence-corrected chi connectivity index (χ2v) is 10.5. The van der Waals surface area contributed by atoms with Crippen LogP contribution in [0.5, 0.6) is 11.5 Å². The lowest BCUT2D eigenvalue weighted by Crippen LogP contribution is -2.44. The summed E-state index contributed by atoms with van der Waals surface area (Å²) in [5.74, 6) is 1.20. The minimum atomic E-state index is -0.987. The van der Waals surface area contributed by atoms with Gasteiger partial charge in [-0.25, -0.2) is 9.78 Å². The van der Waals surface area contributed by atoms with Crippen LogP contribution < -0.4 is 25.1 Å². The lowest BCUT2D eigenvalue weighted by atomic mass is 10.1. The molecule has 0 amide bonds. The number of carbonyl (C=O) groups is 1. The molecule has 3 aromatic carbocycles. The molecule has 0 radical (unpaired) electrons. The maximum absolute atomic E-state index is 11.4. The Kier molecular flexibility index (Phi) is 6.81. The Balaban J connectivity index is 1.45. The molecule has 1 aliphatic heterocycles. The van der Waals surface area contributed by atoms with E-state index in [0.29, 0.717) is 16.7 Å². The van der Waals surface area contributed by atoms with Gasteiger partial charge in [-0.05, 0) is 89.8 Å². The number of thiophene rings is 1. The number of nitrogens with zero attached hydrogens (tertiary/aromatic N) is 4. The Morgan fingerprint density at radius 2 is 1.52 bits per heavy atom. The first-order valence-electron chi connectivity index (χ1n) is 12.2. The van der Waals surface area contributed by atoms with Crippen molar-refractivity contribution in [1.29, 1.82) is 0 Å². The van der Waals surface area contributed by atoms with E-state index in [1.165, 1.54) is 11.3 Å². The lowest BCUT2D eigenvalue weighted by molar-refractivity contribution is 0.0697. The Morgan fingerprint density at radius 3 is 2.10 bits per heavy atom. The van der Waals surface area contributed by atoms with Crippen LogP contribution >= 0.6 is 22.7 Å². The number of rotatable bonds is 8. The molecule has 1 aliphatic rings. The van der Waals surface area contributed by atoms with Crippen LogP contribution in [0.15, 0.2) is 95.4 Å². The van der Waals surface area contributed by atoms with E-state index < -0.39 is 5.97 Å². The van der Waals surface area contributed by atoms with Crippen molar-refractivity contribution in [3.05, 3.63) is 101 Å². The van der Waals surface area contributed by atoms with Crippen molar-refractivity contribution in [2.45, 2.75) is 0 Å². The monoisotopic (exact) mass is 569 g/mol. The Hall–Kier alpha value is -4.87. The number of carboxylic acids is 1. The Labute approximate surface area is 238 Å². The smallest absolute Gasteiger partial charge is 0.335 e. The van der Waals surface area contributed by atoms with Gasteiger partial charge in [0.25, 0.3) is 0 Å². The molecule has 0 aliphatic carbocycles. The van der Waals surface area contributed by atoms with Gasteiger partial charge in [-0.2, -0.15) is 0 Å². The summed E-state index contributed by atoms with van der Waals surface area (Å²) in [5, 5.41) is 20.3. The standard InChI is InChI=1S/C29H23N5O4S2/c1-37-22-13-7-18(8-14-22)25-26(19-9-15-23(38-2)16-10-19)40-29(30-25)34-32-27(24-4-3-17-39-24)31-33(34)21-11-5-20(6-12-21)28(35)36/h3-17H,1-2H3,(H,31,32)(H,35,36). The summed E-state index contributed by atoms with van der Waals surface area (Å²) in [6, 6.07) is 26.2. The highest BCUT2D eigenvalue weighted by Crippen LogP contribution is 2.42. The zero-order valence-electron chi connectivity index (χ0n) is 21.4. The van der Waals surface area contributed by atoms with Crippen LogP contribution in [0.4, 0.5) is 10.8 Å². The van der Waals surface area contributed by atoms with Crippen LogP contribution in [0.2, 0.25) is 0 Å². The number of amidine groups is 1. The second kappa shape index (κ2) is 10.7. The fraction of sp³-hybridized carbons (Fsp3) is 0.0690. The number of aromatic nitrogens is 1. The SMILES string of the molecule is COc1ccc(-c2nc(N3NC(c4cccs4)=NN3c3ccc(C(=O)O)cc3)sc2-c2ccc(OC)cc2)cc1. The molecular formula is C29H23N5O4S2. The number of thiazole rings is 1. The molecule has 0 spiro atoms. The van der Waals surface area contributed by atoms with Gasteiger partial charge in [0, 0.05) is 5.56 Å². The number of aromatic carboxylic acids is 1. The first kappa shape index (κ1) is 25.4. The highest BCUT2D eigenvalue weighted by Gasteiger charge is 2.31. The molecule has 0 atom stereocenters. The first-order valence-corrected chi connectivity index (χ1v) is 13.9. The molecule has 5 aromatic rings. The van der Waals surface area contributed by atoms with E-state index in [4.69, 9.17) is 19.6 Å². The number of hydrogen-bond donors (Lipinski definition) is 2. The van der Waals surface area contributed by atoms with E-state index in [1.807, 2.05) is 66.0 Å². The average Bonchev–Trinajstić information content (AvgIpc) is 3.77. The van der Waals surface area contributed by atoms with E-state index in [9.17, 15) is 9.90 Å². The molecule has 200 valence electrons. The zero-order chi connectivity index (χ0) is 27.6. The number of benzene rings is 3. The number of hydrazone groups is 1. The van der Waals surface area contributed by atoms with Crippen molar-refractivity contribution < 1.29 is 19.4 Å². The quantitative estimate of drug-likeness (QED) is 0.223. The molecule has 0 saturated heterocycles. The zero-order valence-corrected chi connectivity index (χ0v) is 23.1. The van der Waals surface area contributed by atoms with Crippen molar-refractivity contribution >= 4 is 45.3 Å². The highest BCUT2D eigenvalue weighted by molar-refractivity contribution is 7.19. The number of ether oxygens (including phenoxy) is 2. The maximum atomic E-state index is 11.4. The number of nitrogens with one attached hydrogen (secondary N) is 1. The van der Waals surface area contributed by atoms with E-state index in [0.717, 1.165) is 38.1 Å². The second-order valence-electron chi connectivity index (χ2n) is 8.62.